The number of nitrogens with zero attached hydrogens (tertiary/aromatic N) is 2. The van der Waals surface area contributed by atoms with Crippen LogP contribution in [0.25, 0.3) is 0 Å². The SMILES string of the molecule is CC1=NN(c2ccccc2)C(=O)[C@@]1(Cc1ccccc1)[C@@H](CC(=O)c1ccc(Cl)c(Cl)c1)C(=O)OC(C)C. The number of anilines is 1. The standard InChI is InChI=1S/C30H28Cl2N2O4/c1-19(2)38-28(36)24(17-27(35)22-14-15-25(31)26(32)16-22)30(18-21-10-6-4-7-11-21)20(3)33-34(29(30)37)23-12-8-5-9-13-23/h4-16,19,24H,17-18H2,1-3H3/t24-,30+/m0/s1. The van der Waals surface area contributed by atoms with Crippen LogP contribution < -0.4 is 5.01 Å². The van der Waals surface area contributed by atoms with Crippen LogP contribution in [0.2, 0.25) is 10.0 Å². The lowest BCUT2D eigenvalue weighted by molar-refractivity contribution is -0.158. The van der Waals surface area contributed by atoms with E-state index in [1.54, 1.807) is 39.0 Å². The van der Waals surface area contributed by atoms with Crippen molar-refractivity contribution < 1.29 is 19.1 Å². The summed E-state index contributed by atoms with van der Waals surface area (Å²) < 4.78 is 5.64. The summed E-state index contributed by atoms with van der Waals surface area (Å²) >= 11 is 12.2. The molecule has 0 aromatic heterocycles. The first kappa shape index (κ1) is 27.6. The molecule has 1 amide bonds. The van der Waals surface area contributed by atoms with E-state index in [9.17, 15) is 14.4 Å². The summed E-state index contributed by atoms with van der Waals surface area (Å²) in [6.07, 6.45) is -0.562. The minimum Gasteiger partial charge on any atom is -0.463 e. The molecule has 0 fully saturated rings. The van der Waals surface area contributed by atoms with E-state index in [0.717, 1.165) is 5.56 Å². The average molecular weight is 551 g/mol. The zero-order valence-electron chi connectivity index (χ0n) is 21.4. The molecule has 196 valence electrons. The van der Waals surface area contributed by atoms with Crippen LogP contribution in [0, 0.1) is 11.3 Å². The van der Waals surface area contributed by atoms with Gasteiger partial charge in [0.2, 0.25) is 0 Å². The van der Waals surface area contributed by atoms with Crippen molar-refractivity contribution in [3.63, 3.8) is 0 Å². The van der Waals surface area contributed by atoms with Gasteiger partial charge >= 0.3 is 5.97 Å². The molecule has 0 bridgehead atoms. The van der Waals surface area contributed by atoms with Gasteiger partial charge in [0, 0.05) is 12.0 Å². The van der Waals surface area contributed by atoms with E-state index in [-0.39, 0.29) is 29.2 Å². The van der Waals surface area contributed by atoms with Crippen molar-refractivity contribution in [3.05, 3.63) is 100 Å². The highest BCUT2D eigenvalue weighted by atomic mass is 35.5. The number of hydrazone groups is 1. The second-order valence-electron chi connectivity index (χ2n) is 9.57. The summed E-state index contributed by atoms with van der Waals surface area (Å²) in [7, 11) is 0. The maximum Gasteiger partial charge on any atom is 0.311 e. The van der Waals surface area contributed by atoms with E-state index < -0.39 is 29.3 Å². The molecule has 2 atom stereocenters. The first-order valence-corrected chi connectivity index (χ1v) is 13.1. The molecular weight excluding hydrogens is 523 g/mol. The molecule has 1 aliphatic rings. The van der Waals surface area contributed by atoms with Gasteiger partial charge in [-0.1, -0.05) is 71.7 Å². The number of rotatable bonds is 9. The van der Waals surface area contributed by atoms with Gasteiger partial charge in [-0.25, -0.2) is 0 Å². The Morgan fingerprint density at radius 1 is 0.947 bits per heavy atom. The first-order valence-electron chi connectivity index (χ1n) is 12.3. The number of hydrogen-bond donors (Lipinski definition) is 0. The maximum absolute atomic E-state index is 14.3. The van der Waals surface area contributed by atoms with Crippen LogP contribution >= 0.6 is 23.2 Å². The van der Waals surface area contributed by atoms with Crippen LogP contribution in [-0.4, -0.2) is 29.5 Å². The van der Waals surface area contributed by atoms with Crippen molar-refractivity contribution in [2.24, 2.45) is 16.4 Å². The van der Waals surface area contributed by atoms with Crippen molar-refractivity contribution >= 4 is 52.3 Å². The molecule has 1 heterocycles. The minimum absolute atomic E-state index is 0.165. The molecule has 3 aromatic carbocycles. The molecule has 0 saturated carbocycles. The monoisotopic (exact) mass is 550 g/mol. The lowest BCUT2D eigenvalue weighted by Gasteiger charge is -2.35. The number of carbonyl (C=O) groups excluding carboxylic acids is 3. The van der Waals surface area contributed by atoms with E-state index in [0.29, 0.717) is 16.4 Å². The van der Waals surface area contributed by atoms with Crippen LogP contribution in [0.15, 0.2) is 84.0 Å². The third kappa shape index (κ3) is 5.52. The molecule has 8 heteroatoms. The second-order valence-corrected chi connectivity index (χ2v) is 10.4. The smallest absolute Gasteiger partial charge is 0.311 e. The van der Waals surface area contributed by atoms with Crippen molar-refractivity contribution in [1.29, 1.82) is 0 Å². The fourth-order valence-electron chi connectivity index (χ4n) is 4.76. The normalized spacial score (nSPS) is 17.9. The number of amides is 1. The van der Waals surface area contributed by atoms with Crippen LogP contribution in [0.5, 0.6) is 0 Å². The van der Waals surface area contributed by atoms with Gasteiger partial charge in [0.15, 0.2) is 5.78 Å². The minimum atomic E-state index is -1.45. The number of esters is 1. The van der Waals surface area contributed by atoms with Gasteiger partial charge in [0.25, 0.3) is 5.91 Å². The zero-order valence-corrected chi connectivity index (χ0v) is 22.9. The van der Waals surface area contributed by atoms with Crippen molar-refractivity contribution in [1.82, 2.24) is 0 Å². The van der Waals surface area contributed by atoms with Gasteiger partial charge < -0.3 is 4.74 Å². The highest BCUT2D eigenvalue weighted by Gasteiger charge is 2.58. The van der Waals surface area contributed by atoms with E-state index in [1.165, 1.54) is 17.1 Å². The van der Waals surface area contributed by atoms with E-state index >= 15 is 0 Å². The molecule has 1 aliphatic heterocycles. The Balaban J connectivity index is 1.84. The average Bonchev–Trinajstić information content (AvgIpc) is 3.14. The van der Waals surface area contributed by atoms with Crippen molar-refractivity contribution in [2.75, 3.05) is 5.01 Å². The first-order chi connectivity index (χ1) is 18.1. The third-order valence-corrected chi connectivity index (χ3v) is 7.40. The van der Waals surface area contributed by atoms with E-state index in [4.69, 9.17) is 27.9 Å². The summed E-state index contributed by atoms with van der Waals surface area (Å²) in [5, 5.41) is 6.47. The molecule has 0 saturated heterocycles. The predicted octanol–water partition coefficient (Wildman–Crippen LogP) is 6.79. The molecular formula is C30H28Cl2N2O4. The summed E-state index contributed by atoms with van der Waals surface area (Å²) in [5.41, 5.74) is 0.669. The number of ether oxygens (including phenoxy) is 1. The molecule has 38 heavy (non-hydrogen) atoms. The molecule has 0 aliphatic carbocycles. The molecule has 0 unspecified atom stereocenters. The lowest BCUT2D eigenvalue weighted by Crippen LogP contribution is -2.51. The Labute approximate surface area is 232 Å². The highest BCUT2D eigenvalue weighted by molar-refractivity contribution is 6.42. The van der Waals surface area contributed by atoms with Crippen molar-refractivity contribution in [3.8, 4) is 0 Å². The third-order valence-electron chi connectivity index (χ3n) is 6.66. The van der Waals surface area contributed by atoms with Crippen LogP contribution in [0.3, 0.4) is 0 Å². The molecule has 3 aromatic rings. The number of hydrogen-bond acceptors (Lipinski definition) is 5. The number of ketones is 1. The summed E-state index contributed by atoms with van der Waals surface area (Å²) in [6, 6.07) is 22.9. The molecule has 0 radical (unpaired) electrons. The van der Waals surface area contributed by atoms with Gasteiger partial charge in [0.05, 0.1) is 33.5 Å². The number of halogens is 2. The quantitative estimate of drug-likeness (QED) is 0.217. The molecule has 6 nitrogen and oxygen atoms in total. The van der Waals surface area contributed by atoms with E-state index in [2.05, 4.69) is 5.10 Å². The number of carbonyl (C=O) groups is 3. The topological polar surface area (TPSA) is 76.0 Å². The fraction of sp³-hybridized carbons (Fsp3) is 0.267. The van der Waals surface area contributed by atoms with Crippen molar-refractivity contribution in [2.45, 2.75) is 39.7 Å². The van der Waals surface area contributed by atoms with Gasteiger partial charge in [-0.05, 0) is 63.1 Å². The van der Waals surface area contributed by atoms with Crippen LogP contribution in [0.1, 0.15) is 43.1 Å². The molecule has 0 spiro atoms. The van der Waals surface area contributed by atoms with E-state index in [1.807, 2.05) is 48.5 Å². The van der Waals surface area contributed by atoms with Gasteiger partial charge in [-0.15, -0.1) is 0 Å². The highest BCUT2D eigenvalue weighted by Crippen LogP contribution is 2.44. The number of Topliss-reactive ketones (excluding diaryl/α,β-unsaturated/α-hetero) is 1. The summed E-state index contributed by atoms with van der Waals surface area (Å²) in [6.45, 7) is 5.18. The van der Waals surface area contributed by atoms with Gasteiger partial charge in [0.1, 0.15) is 5.41 Å². The predicted molar refractivity (Wildman–Crippen MR) is 150 cm³/mol. The Morgan fingerprint density at radius 2 is 1.58 bits per heavy atom. The Kier molecular flexibility index (Phi) is 8.34. The second kappa shape index (κ2) is 11.5. The largest absolute Gasteiger partial charge is 0.463 e. The van der Waals surface area contributed by atoms with Crippen LogP contribution in [-0.2, 0) is 20.7 Å². The zero-order chi connectivity index (χ0) is 27.4. The Hall–Kier alpha value is -3.48. The fourth-order valence-corrected chi connectivity index (χ4v) is 5.06. The van der Waals surface area contributed by atoms with Gasteiger partial charge in [-0.3, -0.25) is 14.4 Å². The Bertz CT molecular complexity index is 1380. The molecule has 0 N–H and O–H groups in total. The summed E-state index contributed by atoms with van der Waals surface area (Å²) in [5.74, 6) is -2.53. The van der Waals surface area contributed by atoms with Gasteiger partial charge in [-0.2, -0.15) is 10.1 Å². The van der Waals surface area contributed by atoms with Crippen LogP contribution in [0.4, 0.5) is 5.69 Å². The number of benzene rings is 3. The summed E-state index contributed by atoms with van der Waals surface area (Å²) in [4.78, 5) is 41.6. The number of para-hydroxylation sites is 1. The molecule has 4 rings (SSSR count). The Morgan fingerprint density at radius 3 is 2.18 bits per heavy atom. The lowest BCUT2D eigenvalue weighted by atomic mass is 9.66. The maximum atomic E-state index is 14.3.